The van der Waals surface area contributed by atoms with Crippen LogP contribution < -0.4 is 5.32 Å². The average molecular weight is 455 g/mol. The maximum Gasteiger partial charge on any atom is 0.410 e. The van der Waals surface area contributed by atoms with Crippen molar-refractivity contribution in [1.82, 2.24) is 10.2 Å². The highest BCUT2D eigenvalue weighted by molar-refractivity contribution is 5.90. The van der Waals surface area contributed by atoms with Crippen molar-refractivity contribution in [1.29, 1.82) is 0 Å². The van der Waals surface area contributed by atoms with Gasteiger partial charge in [-0.15, -0.1) is 0 Å². The van der Waals surface area contributed by atoms with E-state index in [4.69, 9.17) is 14.2 Å². The van der Waals surface area contributed by atoms with Crippen molar-refractivity contribution in [3.8, 4) is 0 Å². The van der Waals surface area contributed by atoms with Crippen LogP contribution in [-0.4, -0.2) is 53.7 Å². The summed E-state index contributed by atoms with van der Waals surface area (Å²) in [4.78, 5) is 40.2. The van der Waals surface area contributed by atoms with Crippen LogP contribution >= 0.6 is 0 Å². The number of amides is 1. The maximum absolute atomic E-state index is 13.1. The second-order valence-corrected chi connectivity index (χ2v) is 8.74. The first kappa shape index (κ1) is 24.3. The van der Waals surface area contributed by atoms with Gasteiger partial charge in [-0.25, -0.2) is 9.59 Å². The van der Waals surface area contributed by atoms with Crippen LogP contribution in [0.25, 0.3) is 0 Å². The molecular weight excluding hydrogens is 424 g/mol. The fraction of sp³-hybridized carbons (Fsp3) is 0.400. The molecule has 0 unspecified atom stereocenters. The Hall–Kier alpha value is -3.39. The summed E-state index contributed by atoms with van der Waals surface area (Å²) in [5.41, 5.74) is 0.849. The zero-order valence-electron chi connectivity index (χ0n) is 19.2. The molecule has 2 aromatic rings. The predicted octanol–water partition coefficient (Wildman–Crippen LogP) is 3.05. The van der Waals surface area contributed by atoms with Crippen LogP contribution in [0.2, 0.25) is 0 Å². The zero-order chi connectivity index (χ0) is 23.8. The Morgan fingerprint density at radius 3 is 1.97 bits per heavy atom. The summed E-state index contributed by atoms with van der Waals surface area (Å²) in [6.07, 6.45) is -0.699. The van der Waals surface area contributed by atoms with Gasteiger partial charge >= 0.3 is 18.0 Å². The molecule has 33 heavy (non-hydrogen) atoms. The second kappa shape index (κ2) is 11.0. The van der Waals surface area contributed by atoms with Gasteiger partial charge < -0.3 is 19.5 Å². The third-order valence-corrected chi connectivity index (χ3v) is 4.93. The van der Waals surface area contributed by atoms with E-state index in [-0.39, 0.29) is 19.8 Å². The van der Waals surface area contributed by atoms with Crippen molar-refractivity contribution in [3.63, 3.8) is 0 Å². The van der Waals surface area contributed by atoms with Gasteiger partial charge in [-0.2, -0.15) is 0 Å². The minimum Gasteiger partial charge on any atom is -0.459 e. The number of nitrogens with one attached hydrogen (secondary N) is 1. The van der Waals surface area contributed by atoms with E-state index in [0.717, 1.165) is 11.1 Å². The SMILES string of the molecule is CC(C)(C)OC(=O)[C@H]1NCCN(C(=O)OCc2ccccc2)[C@@H]1C(=O)OCc1ccccc1. The standard InChI is InChI=1S/C25H30N2O6/c1-25(2,3)33-22(28)20-21(23(29)31-16-18-10-6-4-7-11-18)27(15-14-26-20)24(30)32-17-19-12-8-5-9-13-19/h4-13,20-21,26H,14-17H2,1-3H3/t20-,21-/m0/s1. The number of benzene rings is 2. The normalized spacial score (nSPS) is 18.3. The molecule has 0 spiro atoms. The molecule has 8 heteroatoms. The first-order chi connectivity index (χ1) is 15.7. The van der Waals surface area contributed by atoms with E-state index < -0.39 is 35.7 Å². The number of hydrogen-bond donors (Lipinski definition) is 1. The number of rotatable bonds is 6. The molecule has 2 atom stereocenters. The lowest BCUT2D eigenvalue weighted by molar-refractivity contribution is -0.167. The summed E-state index contributed by atoms with van der Waals surface area (Å²) >= 11 is 0. The van der Waals surface area contributed by atoms with Gasteiger partial charge in [0.05, 0.1) is 0 Å². The summed E-state index contributed by atoms with van der Waals surface area (Å²) in [5, 5.41) is 3.00. The van der Waals surface area contributed by atoms with Gasteiger partial charge in [-0.1, -0.05) is 60.7 Å². The van der Waals surface area contributed by atoms with Gasteiger partial charge in [-0.05, 0) is 31.9 Å². The molecule has 8 nitrogen and oxygen atoms in total. The molecule has 1 fully saturated rings. The lowest BCUT2D eigenvalue weighted by atomic mass is 10.0. The van der Waals surface area contributed by atoms with E-state index in [2.05, 4.69) is 5.32 Å². The van der Waals surface area contributed by atoms with Crippen molar-refractivity contribution in [3.05, 3.63) is 71.8 Å². The van der Waals surface area contributed by atoms with Crippen LogP contribution in [0.5, 0.6) is 0 Å². The Morgan fingerprint density at radius 1 is 0.879 bits per heavy atom. The molecule has 0 saturated carbocycles. The molecule has 176 valence electrons. The summed E-state index contributed by atoms with van der Waals surface area (Å²) in [6, 6.07) is 16.1. The van der Waals surface area contributed by atoms with Crippen LogP contribution in [-0.2, 0) is 37.0 Å². The first-order valence-electron chi connectivity index (χ1n) is 10.9. The van der Waals surface area contributed by atoms with Crippen molar-refractivity contribution >= 4 is 18.0 Å². The van der Waals surface area contributed by atoms with Crippen LogP contribution in [0, 0.1) is 0 Å². The third kappa shape index (κ3) is 7.05. The summed E-state index contributed by atoms with van der Waals surface area (Å²) in [7, 11) is 0. The smallest absolute Gasteiger partial charge is 0.410 e. The van der Waals surface area contributed by atoms with Gasteiger partial charge in [0, 0.05) is 13.1 Å². The Kier molecular flexibility index (Phi) is 8.06. The average Bonchev–Trinajstić information content (AvgIpc) is 2.80. The second-order valence-electron chi connectivity index (χ2n) is 8.74. The van der Waals surface area contributed by atoms with Gasteiger partial charge in [0.2, 0.25) is 0 Å². The van der Waals surface area contributed by atoms with Crippen LogP contribution in [0.1, 0.15) is 31.9 Å². The number of carbonyl (C=O) groups is 3. The molecule has 2 aromatic carbocycles. The van der Waals surface area contributed by atoms with Gasteiger partial charge in [0.25, 0.3) is 0 Å². The largest absolute Gasteiger partial charge is 0.459 e. The number of esters is 2. The number of hydrogen-bond acceptors (Lipinski definition) is 7. The van der Waals surface area contributed by atoms with Gasteiger partial charge in [0.15, 0.2) is 6.04 Å². The quantitative estimate of drug-likeness (QED) is 0.530. The predicted molar refractivity (Wildman–Crippen MR) is 121 cm³/mol. The van der Waals surface area contributed by atoms with E-state index in [1.54, 1.807) is 20.8 Å². The van der Waals surface area contributed by atoms with Crippen LogP contribution in [0.3, 0.4) is 0 Å². The number of carbonyl (C=O) groups excluding carboxylic acids is 3. The topological polar surface area (TPSA) is 94.2 Å². The molecule has 0 bridgehead atoms. The van der Waals surface area contributed by atoms with E-state index >= 15 is 0 Å². The van der Waals surface area contributed by atoms with E-state index in [0.29, 0.717) is 6.54 Å². The molecule has 3 rings (SSSR count). The number of ether oxygens (including phenoxy) is 3. The fourth-order valence-corrected chi connectivity index (χ4v) is 3.43. The molecular formula is C25H30N2O6. The maximum atomic E-state index is 13.1. The molecule has 1 aliphatic heterocycles. The van der Waals surface area contributed by atoms with Crippen LogP contribution in [0.15, 0.2) is 60.7 Å². The molecule has 1 N–H and O–H groups in total. The van der Waals surface area contributed by atoms with Crippen molar-refractivity contribution in [2.75, 3.05) is 13.1 Å². The van der Waals surface area contributed by atoms with E-state index in [9.17, 15) is 14.4 Å². The highest BCUT2D eigenvalue weighted by Gasteiger charge is 2.46. The summed E-state index contributed by atoms with van der Waals surface area (Å²) < 4.78 is 16.4. The molecule has 1 aliphatic rings. The van der Waals surface area contributed by atoms with Crippen molar-refractivity contribution < 1.29 is 28.6 Å². The lowest BCUT2D eigenvalue weighted by Gasteiger charge is -2.39. The Balaban J connectivity index is 1.76. The van der Waals surface area contributed by atoms with Gasteiger partial charge in [-0.3, -0.25) is 9.69 Å². The minimum absolute atomic E-state index is 0.0180. The van der Waals surface area contributed by atoms with Gasteiger partial charge in [0.1, 0.15) is 24.9 Å². The molecule has 1 saturated heterocycles. The fourth-order valence-electron chi connectivity index (χ4n) is 3.43. The Bertz CT molecular complexity index is 942. The third-order valence-electron chi connectivity index (χ3n) is 4.93. The minimum atomic E-state index is -1.22. The summed E-state index contributed by atoms with van der Waals surface area (Å²) in [6.45, 7) is 5.76. The Morgan fingerprint density at radius 2 is 1.42 bits per heavy atom. The molecule has 0 aromatic heterocycles. The zero-order valence-corrected chi connectivity index (χ0v) is 19.2. The monoisotopic (exact) mass is 454 g/mol. The lowest BCUT2D eigenvalue weighted by Crippen LogP contribution is -2.66. The summed E-state index contributed by atoms with van der Waals surface area (Å²) in [5.74, 6) is -1.34. The van der Waals surface area contributed by atoms with Crippen LogP contribution in [0.4, 0.5) is 4.79 Å². The molecule has 1 heterocycles. The van der Waals surface area contributed by atoms with Crippen molar-refractivity contribution in [2.24, 2.45) is 0 Å². The molecule has 0 radical (unpaired) electrons. The molecule has 0 aliphatic carbocycles. The number of piperazine rings is 1. The number of nitrogens with zero attached hydrogens (tertiary/aromatic N) is 1. The van der Waals surface area contributed by atoms with E-state index in [1.807, 2.05) is 60.7 Å². The highest BCUT2D eigenvalue weighted by atomic mass is 16.6. The highest BCUT2D eigenvalue weighted by Crippen LogP contribution is 2.19. The Labute approximate surface area is 193 Å². The van der Waals surface area contributed by atoms with Crippen molar-refractivity contribution in [2.45, 2.75) is 51.7 Å². The molecule has 1 amide bonds. The first-order valence-corrected chi connectivity index (χ1v) is 10.9. The van der Waals surface area contributed by atoms with E-state index in [1.165, 1.54) is 4.90 Å².